The molecule has 3 rings (SSSR count). The third-order valence-electron chi connectivity index (χ3n) is 5.33. The van der Waals surface area contributed by atoms with Crippen LogP contribution in [-0.2, 0) is 0 Å². The van der Waals surface area contributed by atoms with E-state index in [1.807, 2.05) is 12.1 Å². The van der Waals surface area contributed by atoms with Crippen molar-refractivity contribution in [1.82, 2.24) is 4.90 Å². The first-order valence-corrected chi connectivity index (χ1v) is 9.32. The van der Waals surface area contributed by atoms with Crippen molar-refractivity contribution >= 4 is 0 Å². The molecule has 1 aliphatic rings. The van der Waals surface area contributed by atoms with E-state index in [2.05, 4.69) is 36.1 Å². The summed E-state index contributed by atoms with van der Waals surface area (Å²) in [5.74, 6) is 1.97. The molecule has 1 saturated heterocycles. The molecule has 0 spiro atoms. The van der Waals surface area contributed by atoms with Crippen LogP contribution >= 0.6 is 0 Å². The van der Waals surface area contributed by atoms with Crippen LogP contribution in [0.25, 0.3) is 11.1 Å². The molecule has 4 nitrogen and oxygen atoms in total. The Hall–Kier alpha value is -2.20. The third kappa shape index (κ3) is 3.80. The van der Waals surface area contributed by atoms with Gasteiger partial charge in [-0.3, -0.25) is 4.90 Å². The molecule has 0 radical (unpaired) electrons. The Kier molecular flexibility index (Phi) is 6.04. The van der Waals surface area contributed by atoms with Crippen molar-refractivity contribution in [2.45, 2.75) is 32.2 Å². The number of methoxy groups -OCH3 is 3. The lowest BCUT2D eigenvalue weighted by atomic mass is 9.99. The maximum atomic E-state index is 5.47. The number of benzene rings is 2. The van der Waals surface area contributed by atoms with E-state index in [0.717, 1.165) is 11.1 Å². The van der Waals surface area contributed by atoms with E-state index in [1.165, 1.54) is 37.9 Å². The zero-order valence-corrected chi connectivity index (χ0v) is 16.2. The Morgan fingerprint density at radius 2 is 1.35 bits per heavy atom. The SMILES string of the molecule is COc1cc(-c2ccc([C@@H](C)N3CCCCC3)cc2)cc(OC)c1OC. The fourth-order valence-corrected chi connectivity index (χ4v) is 3.72. The first-order chi connectivity index (χ1) is 12.7. The van der Waals surface area contributed by atoms with Crippen LogP contribution in [0.3, 0.4) is 0 Å². The third-order valence-corrected chi connectivity index (χ3v) is 5.33. The molecule has 0 unspecified atom stereocenters. The van der Waals surface area contributed by atoms with Crippen molar-refractivity contribution < 1.29 is 14.2 Å². The zero-order valence-electron chi connectivity index (χ0n) is 16.2. The second-order valence-corrected chi connectivity index (χ2v) is 6.81. The molecular formula is C22H29NO3. The molecule has 0 amide bonds. The Morgan fingerprint density at radius 3 is 1.85 bits per heavy atom. The first kappa shape index (κ1) is 18.6. The molecule has 2 aromatic rings. The minimum absolute atomic E-state index is 0.462. The fourth-order valence-electron chi connectivity index (χ4n) is 3.72. The minimum atomic E-state index is 0.462. The van der Waals surface area contributed by atoms with Crippen molar-refractivity contribution in [3.63, 3.8) is 0 Å². The van der Waals surface area contributed by atoms with E-state index in [0.29, 0.717) is 23.3 Å². The molecule has 0 bridgehead atoms. The Balaban J connectivity index is 1.86. The number of nitrogens with zero attached hydrogens (tertiary/aromatic N) is 1. The monoisotopic (exact) mass is 355 g/mol. The number of hydrogen-bond acceptors (Lipinski definition) is 4. The van der Waals surface area contributed by atoms with Gasteiger partial charge in [-0.1, -0.05) is 30.7 Å². The van der Waals surface area contributed by atoms with E-state index in [1.54, 1.807) is 21.3 Å². The van der Waals surface area contributed by atoms with Gasteiger partial charge in [-0.25, -0.2) is 0 Å². The van der Waals surface area contributed by atoms with Crippen molar-refractivity contribution in [2.75, 3.05) is 34.4 Å². The lowest BCUT2D eigenvalue weighted by molar-refractivity contribution is 0.175. The molecule has 140 valence electrons. The summed E-state index contributed by atoms with van der Waals surface area (Å²) in [6.07, 6.45) is 3.99. The first-order valence-electron chi connectivity index (χ1n) is 9.32. The Labute approximate surface area is 156 Å². The summed E-state index contributed by atoms with van der Waals surface area (Å²) in [4.78, 5) is 2.58. The van der Waals surface area contributed by atoms with Gasteiger partial charge < -0.3 is 14.2 Å². The minimum Gasteiger partial charge on any atom is -0.493 e. The average molecular weight is 355 g/mol. The van der Waals surface area contributed by atoms with Crippen LogP contribution < -0.4 is 14.2 Å². The lowest BCUT2D eigenvalue weighted by Crippen LogP contribution is -2.32. The Bertz CT molecular complexity index is 696. The molecule has 1 heterocycles. The van der Waals surface area contributed by atoms with Crippen LogP contribution in [0.1, 0.15) is 37.8 Å². The second kappa shape index (κ2) is 8.45. The summed E-state index contributed by atoms with van der Waals surface area (Å²) in [7, 11) is 4.91. The molecule has 4 heteroatoms. The largest absolute Gasteiger partial charge is 0.493 e. The summed E-state index contributed by atoms with van der Waals surface area (Å²) in [5, 5.41) is 0. The number of ether oxygens (including phenoxy) is 3. The van der Waals surface area contributed by atoms with Gasteiger partial charge in [-0.05, 0) is 61.7 Å². The van der Waals surface area contributed by atoms with Crippen LogP contribution in [0.15, 0.2) is 36.4 Å². The van der Waals surface area contributed by atoms with E-state index in [9.17, 15) is 0 Å². The van der Waals surface area contributed by atoms with Crippen molar-refractivity contribution in [2.24, 2.45) is 0 Å². The van der Waals surface area contributed by atoms with E-state index in [4.69, 9.17) is 14.2 Å². The molecule has 1 atom stereocenters. The quantitative estimate of drug-likeness (QED) is 0.735. The predicted molar refractivity (Wildman–Crippen MR) is 105 cm³/mol. The summed E-state index contributed by atoms with van der Waals surface area (Å²) in [6, 6.07) is 13.3. The molecular weight excluding hydrogens is 326 g/mol. The van der Waals surface area contributed by atoms with Crippen LogP contribution in [-0.4, -0.2) is 39.3 Å². The van der Waals surface area contributed by atoms with Gasteiger partial charge in [0.1, 0.15) is 0 Å². The Morgan fingerprint density at radius 1 is 0.769 bits per heavy atom. The molecule has 26 heavy (non-hydrogen) atoms. The summed E-state index contributed by atoms with van der Waals surface area (Å²) in [5.41, 5.74) is 3.55. The van der Waals surface area contributed by atoms with Crippen molar-refractivity contribution in [1.29, 1.82) is 0 Å². The van der Waals surface area contributed by atoms with Gasteiger partial charge in [0, 0.05) is 6.04 Å². The number of rotatable bonds is 6. The maximum absolute atomic E-state index is 5.47. The maximum Gasteiger partial charge on any atom is 0.203 e. The van der Waals surface area contributed by atoms with Gasteiger partial charge in [0.15, 0.2) is 11.5 Å². The molecule has 0 saturated carbocycles. The molecule has 1 fully saturated rings. The van der Waals surface area contributed by atoms with Crippen LogP contribution in [0.5, 0.6) is 17.2 Å². The molecule has 0 aromatic heterocycles. The smallest absolute Gasteiger partial charge is 0.203 e. The fraction of sp³-hybridized carbons (Fsp3) is 0.455. The molecule has 0 aliphatic carbocycles. The summed E-state index contributed by atoms with van der Waals surface area (Å²) >= 11 is 0. The highest BCUT2D eigenvalue weighted by Gasteiger charge is 2.18. The van der Waals surface area contributed by atoms with Gasteiger partial charge in [0.2, 0.25) is 5.75 Å². The topological polar surface area (TPSA) is 30.9 Å². The van der Waals surface area contributed by atoms with Crippen molar-refractivity contribution in [3.05, 3.63) is 42.0 Å². The number of hydrogen-bond donors (Lipinski definition) is 0. The molecule has 2 aromatic carbocycles. The number of likely N-dealkylation sites (tertiary alicyclic amines) is 1. The van der Waals surface area contributed by atoms with Gasteiger partial charge in [-0.15, -0.1) is 0 Å². The van der Waals surface area contributed by atoms with Gasteiger partial charge in [0.05, 0.1) is 21.3 Å². The zero-order chi connectivity index (χ0) is 18.5. The lowest BCUT2D eigenvalue weighted by Gasteiger charge is -2.32. The van der Waals surface area contributed by atoms with E-state index < -0.39 is 0 Å². The summed E-state index contributed by atoms with van der Waals surface area (Å²) < 4.78 is 16.4. The van der Waals surface area contributed by atoms with Crippen LogP contribution in [0.4, 0.5) is 0 Å². The second-order valence-electron chi connectivity index (χ2n) is 6.81. The predicted octanol–water partition coefficient (Wildman–Crippen LogP) is 4.93. The van der Waals surface area contributed by atoms with Gasteiger partial charge in [-0.2, -0.15) is 0 Å². The van der Waals surface area contributed by atoms with Gasteiger partial charge >= 0.3 is 0 Å². The van der Waals surface area contributed by atoms with E-state index in [-0.39, 0.29) is 0 Å². The average Bonchev–Trinajstić information content (AvgIpc) is 2.72. The van der Waals surface area contributed by atoms with Crippen LogP contribution in [0.2, 0.25) is 0 Å². The highest BCUT2D eigenvalue weighted by Crippen LogP contribution is 2.41. The molecule has 1 aliphatic heterocycles. The van der Waals surface area contributed by atoms with Gasteiger partial charge in [0.25, 0.3) is 0 Å². The van der Waals surface area contributed by atoms with E-state index >= 15 is 0 Å². The highest BCUT2D eigenvalue weighted by atomic mass is 16.5. The van der Waals surface area contributed by atoms with Crippen LogP contribution in [0, 0.1) is 0 Å². The highest BCUT2D eigenvalue weighted by molar-refractivity contribution is 5.71. The normalized spacial score (nSPS) is 16.2. The molecule has 0 N–H and O–H groups in total. The number of piperidine rings is 1. The van der Waals surface area contributed by atoms with Crippen molar-refractivity contribution in [3.8, 4) is 28.4 Å². The summed E-state index contributed by atoms with van der Waals surface area (Å²) in [6.45, 7) is 4.71. The standard InChI is InChI=1S/C22H29NO3/c1-16(23-12-6-5-7-13-23)17-8-10-18(11-9-17)19-14-20(24-2)22(26-4)21(15-19)25-3/h8-11,14-16H,5-7,12-13H2,1-4H3/t16-/m1/s1.